The maximum absolute atomic E-state index is 13.6. The van der Waals surface area contributed by atoms with Crippen LogP contribution in [0.4, 0.5) is 14.6 Å². The molecule has 1 amide bonds. The number of nitrogens with one attached hydrogen (secondary N) is 2. The number of carbonyl (C=O) groups excluding carboxylic acids is 1. The molecule has 0 aliphatic carbocycles. The molecule has 3 rings (SSSR count). The highest BCUT2D eigenvalue weighted by Crippen LogP contribution is 2.08. The lowest BCUT2D eigenvalue weighted by Crippen LogP contribution is -2.27. The van der Waals surface area contributed by atoms with Crippen LogP contribution in [0.3, 0.4) is 0 Å². The molecule has 0 radical (unpaired) electrons. The van der Waals surface area contributed by atoms with Gasteiger partial charge in [-0.05, 0) is 42.2 Å². The fraction of sp³-hybridized carbons (Fsp3) is 0.190. The Kier molecular flexibility index (Phi) is 6.62. The summed E-state index contributed by atoms with van der Waals surface area (Å²) in [5, 5.41) is 5.85. The quantitative estimate of drug-likeness (QED) is 0.627. The van der Waals surface area contributed by atoms with Gasteiger partial charge in [0.05, 0.1) is 0 Å². The van der Waals surface area contributed by atoms with Crippen molar-refractivity contribution in [2.24, 2.45) is 0 Å². The van der Waals surface area contributed by atoms with Gasteiger partial charge < -0.3 is 10.6 Å². The zero-order valence-corrected chi connectivity index (χ0v) is 15.2. The molecule has 2 aromatic carbocycles. The number of aromatic nitrogens is 2. The van der Waals surface area contributed by atoms with Gasteiger partial charge in [-0.3, -0.25) is 4.79 Å². The molecular formula is C21H20F2N4O. The van der Waals surface area contributed by atoms with Crippen LogP contribution in [0.25, 0.3) is 0 Å². The van der Waals surface area contributed by atoms with Gasteiger partial charge in [0, 0.05) is 19.2 Å². The minimum absolute atomic E-state index is 0.229. The monoisotopic (exact) mass is 382 g/mol. The first-order chi connectivity index (χ1) is 13.6. The Morgan fingerprint density at radius 2 is 1.71 bits per heavy atom. The fourth-order valence-electron chi connectivity index (χ4n) is 2.67. The van der Waals surface area contributed by atoms with E-state index in [2.05, 4.69) is 20.6 Å². The smallest absolute Gasteiger partial charge is 0.270 e. The third kappa shape index (κ3) is 5.57. The maximum atomic E-state index is 13.6. The number of hydrogen-bond acceptors (Lipinski definition) is 4. The van der Waals surface area contributed by atoms with E-state index in [9.17, 15) is 13.6 Å². The Labute approximate surface area is 161 Å². The summed E-state index contributed by atoms with van der Waals surface area (Å²) in [4.78, 5) is 20.3. The van der Waals surface area contributed by atoms with Crippen molar-refractivity contribution >= 4 is 11.7 Å². The highest BCUT2D eigenvalue weighted by atomic mass is 19.1. The molecule has 0 aliphatic heterocycles. The van der Waals surface area contributed by atoms with Crippen LogP contribution in [0.15, 0.2) is 60.9 Å². The van der Waals surface area contributed by atoms with Crippen LogP contribution in [0.2, 0.25) is 0 Å². The molecule has 0 atom stereocenters. The molecule has 5 nitrogen and oxygen atoms in total. The molecular weight excluding hydrogens is 362 g/mol. The van der Waals surface area contributed by atoms with Gasteiger partial charge in [0.25, 0.3) is 5.91 Å². The van der Waals surface area contributed by atoms with Crippen LogP contribution >= 0.6 is 0 Å². The van der Waals surface area contributed by atoms with E-state index in [1.807, 2.05) is 0 Å². The zero-order valence-electron chi connectivity index (χ0n) is 15.2. The van der Waals surface area contributed by atoms with E-state index in [-0.39, 0.29) is 23.2 Å². The number of anilines is 1. The van der Waals surface area contributed by atoms with Gasteiger partial charge in [-0.25, -0.2) is 18.7 Å². The van der Waals surface area contributed by atoms with E-state index in [1.54, 1.807) is 36.4 Å². The Morgan fingerprint density at radius 1 is 0.929 bits per heavy atom. The van der Waals surface area contributed by atoms with Crippen molar-refractivity contribution in [1.82, 2.24) is 15.3 Å². The lowest BCUT2D eigenvalue weighted by Gasteiger charge is -2.08. The fourth-order valence-corrected chi connectivity index (χ4v) is 2.67. The van der Waals surface area contributed by atoms with E-state index in [4.69, 9.17) is 0 Å². The van der Waals surface area contributed by atoms with Gasteiger partial charge in [-0.15, -0.1) is 0 Å². The number of hydrogen-bond donors (Lipinski definition) is 2. The van der Waals surface area contributed by atoms with Crippen LogP contribution in [0.1, 0.15) is 21.6 Å². The second-order valence-electron chi connectivity index (χ2n) is 6.19. The topological polar surface area (TPSA) is 66.9 Å². The molecule has 0 unspecified atom stereocenters. The first-order valence-electron chi connectivity index (χ1n) is 8.94. The molecule has 0 spiro atoms. The first-order valence-corrected chi connectivity index (χ1v) is 8.94. The van der Waals surface area contributed by atoms with Crippen LogP contribution in [-0.2, 0) is 12.8 Å². The third-order valence-electron chi connectivity index (χ3n) is 4.17. The van der Waals surface area contributed by atoms with Crippen molar-refractivity contribution in [3.05, 3.63) is 89.4 Å². The van der Waals surface area contributed by atoms with Crippen LogP contribution in [0.5, 0.6) is 0 Å². The largest absolute Gasteiger partial charge is 0.370 e. The van der Waals surface area contributed by atoms with Crippen LogP contribution in [0, 0.1) is 11.6 Å². The van der Waals surface area contributed by atoms with Crippen molar-refractivity contribution in [2.75, 3.05) is 18.4 Å². The molecule has 0 aliphatic rings. The van der Waals surface area contributed by atoms with Gasteiger partial charge in [-0.1, -0.05) is 30.3 Å². The average molecular weight is 382 g/mol. The number of nitrogens with zero attached hydrogens (tertiary/aromatic N) is 2. The highest BCUT2D eigenvalue weighted by Gasteiger charge is 2.09. The molecule has 7 heteroatoms. The molecule has 0 saturated carbocycles. The summed E-state index contributed by atoms with van der Waals surface area (Å²) in [5.41, 5.74) is 1.77. The lowest BCUT2D eigenvalue weighted by atomic mass is 10.1. The Morgan fingerprint density at radius 3 is 2.50 bits per heavy atom. The van der Waals surface area contributed by atoms with E-state index < -0.39 is 0 Å². The first kappa shape index (κ1) is 19.4. The summed E-state index contributed by atoms with van der Waals surface area (Å²) < 4.78 is 26.5. The van der Waals surface area contributed by atoms with Crippen molar-refractivity contribution < 1.29 is 13.6 Å². The third-order valence-corrected chi connectivity index (χ3v) is 4.17. The number of carbonyl (C=O) groups is 1. The molecule has 2 N–H and O–H groups in total. The second-order valence-corrected chi connectivity index (χ2v) is 6.19. The van der Waals surface area contributed by atoms with Gasteiger partial charge in [0.15, 0.2) is 0 Å². The number of halogens is 2. The SMILES string of the molecule is O=C(NCCc1ccccc1F)c1cc(NCCc2ccc(F)cc2)ncn1. The van der Waals surface area contributed by atoms with Gasteiger partial charge in [0.1, 0.15) is 29.5 Å². The Hall–Kier alpha value is -3.35. The Balaban J connectivity index is 1.48. The summed E-state index contributed by atoms with van der Waals surface area (Å²) >= 11 is 0. The van der Waals surface area contributed by atoms with Gasteiger partial charge >= 0.3 is 0 Å². The minimum atomic E-state index is -0.347. The summed E-state index contributed by atoms with van der Waals surface area (Å²) in [6.07, 6.45) is 2.40. The standard InChI is InChI=1S/C21H20F2N4O/c22-17-7-5-15(6-8-17)9-11-24-20-13-19(26-14-27-20)21(28)25-12-10-16-3-1-2-4-18(16)23/h1-8,13-14H,9-12H2,(H,25,28)(H,24,26,27). The predicted octanol–water partition coefficient (Wildman–Crippen LogP) is 3.38. The van der Waals surface area contributed by atoms with E-state index in [1.165, 1.54) is 24.5 Å². The number of amides is 1. The predicted molar refractivity (Wildman–Crippen MR) is 103 cm³/mol. The van der Waals surface area contributed by atoms with Crippen LogP contribution in [-0.4, -0.2) is 29.0 Å². The van der Waals surface area contributed by atoms with E-state index in [0.717, 1.165) is 5.56 Å². The lowest BCUT2D eigenvalue weighted by molar-refractivity contribution is 0.0949. The molecule has 1 aromatic heterocycles. The molecule has 3 aromatic rings. The molecule has 0 fully saturated rings. The molecule has 1 heterocycles. The Bertz CT molecular complexity index is 932. The summed E-state index contributed by atoms with van der Waals surface area (Å²) in [5.74, 6) is -0.374. The number of benzene rings is 2. The summed E-state index contributed by atoms with van der Waals surface area (Å²) in [6.45, 7) is 0.883. The zero-order chi connectivity index (χ0) is 19.8. The molecule has 28 heavy (non-hydrogen) atoms. The summed E-state index contributed by atoms with van der Waals surface area (Å²) in [7, 11) is 0. The van der Waals surface area contributed by atoms with E-state index >= 15 is 0 Å². The van der Waals surface area contributed by atoms with Crippen molar-refractivity contribution in [2.45, 2.75) is 12.8 Å². The second kappa shape index (κ2) is 9.55. The average Bonchev–Trinajstić information content (AvgIpc) is 2.71. The molecule has 144 valence electrons. The molecule has 0 saturated heterocycles. The van der Waals surface area contributed by atoms with Crippen LogP contribution < -0.4 is 10.6 Å². The van der Waals surface area contributed by atoms with Crippen molar-refractivity contribution in [3.63, 3.8) is 0 Å². The molecule has 0 bridgehead atoms. The summed E-state index contributed by atoms with van der Waals surface area (Å²) in [6, 6.07) is 14.3. The van der Waals surface area contributed by atoms with Gasteiger partial charge in [-0.2, -0.15) is 0 Å². The van der Waals surface area contributed by atoms with Crippen molar-refractivity contribution in [3.8, 4) is 0 Å². The van der Waals surface area contributed by atoms with Gasteiger partial charge in [0.2, 0.25) is 0 Å². The number of rotatable bonds is 8. The highest BCUT2D eigenvalue weighted by molar-refractivity contribution is 5.92. The maximum Gasteiger partial charge on any atom is 0.270 e. The van der Waals surface area contributed by atoms with Crippen molar-refractivity contribution in [1.29, 1.82) is 0 Å². The minimum Gasteiger partial charge on any atom is -0.370 e. The van der Waals surface area contributed by atoms with E-state index in [0.29, 0.717) is 37.3 Å². The normalized spacial score (nSPS) is 10.5.